The van der Waals surface area contributed by atoms with Crippen molar-refractivity contribution in [2.75, 3.05) is 0 Å². The quantitative estimate of drug-likeness (QED) is 0.367. The number of aromatic amines is 1. The van der Waals surface area contributed by atoms with Crippen molar-refractivity contribution in [1.82, 2.24) is 9.97 Å². The fourth-order valence-electron chi connectivity index (χ4n) is 3.28. The van der Waals surface area contributed by atoms with Gasteiger partial charge >= 0.3 is 0 Å². The maximum Gasteiger partial charge on any atom is 0.0950 e. The molecule has 0 aliphatic carbocycles. The molecule has 1 N–H and O–H groups in total. The van der Waals surface area contributed by atoms with Gasteiger partial charge in [0.2, 0.25) is 0 Å². The Labute approximate surface area is 147 Å². The maximum absolute atomic E-state index is 4.95. The highest BCUT2D eigenvalue weighted by molar-refractivity contribution is 9.10. The van der Waals surface area contributed by atoms with Crippen LogP contribution in [0.3, 0.4) is 0 Å². The Hall–Kier alpha value is -2.65. The van der Waals surface area contributed by atoms with Crippen LogP contribution in [-0.2, 0) is 0 Å². The van der Waals surface area contributed by atoms with E-state index in [0.29, 0.717) is 0 Å². The summed E-state index contributed by atoms with van der Waals surface area (Å²) < 4.78 is 1.07. The Morgan fingerprint density at radius 3 is 2.42 bits per heavy atom. The molecule has 2 nitrogen and oxygen atoms in total. The van der Waals surface area contributed by atoms with E-state index in [2.05, 4.69) is 81.6 Å². The van der Waals surface area contributed by atoms with Crippen LogP contribution in [0.25, 0.3) is 44.0 Å². The molecule has 2 heterocycles. The zero-order chi connectivity index (χ0) is 16.1. The first-order valence-electron chi connectivity index (χ1n) is 7.86. The largest absolute Gasteiger partial charge is 0.353 e. The highest BCUT2D eigenvalue weighted by atomic mass is 79.9. The smallest absolute Gasteiger partial charge is 0.0950 e. The van der Waals surface area contributed by atoms with Crippen molar-refractivity contribution >= 4 is 48.6 Å². The molecule has 24 heavy (non-hydrogen) atoms. The number of nitrogens with zero attached hydrogens (tertiary/aromatic N) is 1. The van der Waals surface area contributed by atoms with Crippen LogP contribution in [0.2, 0.25) is 0 Å². The van der Waals surface area contributed by atoms with Gasteiger partial charge in [0, 0.05) is 31.7 Å². The van der Waals surface area contributed by atoms with Crippen LogP contribution in [-0.4, -0.2) is 9.97 Å². The molecule has 0 aliphatic rings. The average Bonchev–Trinajstić information content (AvgIpc) is 3.01. The van der Waals surface area contributed by atoms with E-state index in [1.165, 1.54) is 10.8 Å². The van der Waals surface area contributed by atoms with Gasteiger partial charge in [-0.1, -0.05) is 64.5 Å². The van der Waals surface area contributed by atoms with Gasteiger partial charge in [-0.15, -0.1) is 0 Å². The van der Waals surface area contributed by atoms with Crippen LogP contribution in [0.5, 0.6) is 0 Å². The van der Waals surface area contributed by atoms with Gasteiger partial charge in [0.05, 0.1) is 16.7 Å². The minimum atomic E-state index is 0.987. The number of pyridine rings is 1. The highest BCUT2D eigenvalue weighted by Gasteiger charge is 2.09. The summed E-state index contributed by atoms with van der Waals surface area (Å²) in [5, 5.41) is 3.61. The molecule has 0 spiro atoms. The molecule has 0 radical (unpaired) electrons. The summed E-state index contributed by atoms with van der Waals surface area (Å²) in [5.74, 6) is 0. The summed E-state index contributed by atoms with van der Waals surface area (Å²) in [5.41, 5.74) is 5.38. The molecule has 0 saturated carbocycles. The van der Waals surface area contributed by atoms with Crippen molar-refractivity contribution in [3.63, 3.8) is 0 Å². The number of H-pyrrole nitrogens is 1. The number of para-hydroxylation sites is 1. The summed E-state index contributed by atoms with van der Waals surface area (Å²) in [6, 6.07) is 25.2. The van der Waals surface area contributed by atoms with Gasteiger partial charge in [0.1, 0.15) is 0 Å². The van der Waals surface area contributed by atoms with Gasteiger partial charge < -0.3 is 4.98 Å². The van der Waals surface area contributed by atoms with Crippen LogP contribution in [0.1, 0.15) is 0 Å². The molecule has 3 heteroatoms. The minimum absolute atomic E-state index is 0.987. The van der Waals surface area contributed by atoms with Crippen LogP contribution in [0.15, 0.2) is 77.3 Å². The summed E-state index contributed by atoms with van der Waals surface area (Å²) in [4.78, 5) is 8.49. The Morgan fingerprint density at radius 1 is 0.750 bits per heavy atom. The number of rotatable bonds is 1. The molecule has 114 valence electrons. The van der Waals surface area contributed by atoms with E-state index in [1.54, 1.807) is 0 Å². The lowest BCUT2D eigenvalue weighted by molar-refractivity contribution is 1.40. The third-order valence-corrected chi connectivity index (χ3v) is 5.01. The monoisotopic (exact) mass is 372 g/mol. The van der Waals surface area contributed by atoms with Gasteiger partial charge in [-0.3, -0.25) is 0 Å². The standard InChI is InChI=1S/C21H13BrN2/c22-15-9-5-13(6-10-15)18-12-8-14-7-11-17-16-3-1-2-4-19(16)24-21(17)20(14)23-18/h1-12,24H. The molecular formula is C21H13BrN2. The molecule has 0 bridgehead atoms. The summed E-state index contributed by atoms with van der Waals surface area (Å²) >= 11 is 3.48. The lowest BCUT2D eigenvalue weighted by Gasteiger charge is -2.05. The second-order valence-corrected chi connectivity index (χ2v) is 6.85. The van der Waals surface area contributed by atoms with Gasteiger partial charge in [-0.2, -0.15) is 0 Å². The van der Waals surface area contributed by atoms with E-state index in [0.717, 1.165) is 37.7 Å². The third-order valence-electron chi connectivity index (χ3n) is 4.48. The zero-order valence-electron chi connectivity index (χ0n) is 12.8. The second kappa shape index (κ2) is 5.18. The number of hydrogen-bond acceptors (Lipinski definition) is 1. The van der Waals surface area contributed by atoms with Gasteiger partial charge in [0.15, 0.2) is 0 Å². The molecular weight excluding hydrogens is 360 g/mol. The van der Waals surface area contributed by atoms with Crippen LogP contribution < -0.4 is 0 Å². The van der Waals surface area contributed by atoms with Crippen molar-refractivity contribution in [2.24, 2.45) is 0 Å². The van der Waals surface area contributed by atoms with Gasteiger partial charge in [0.25, 0.3) is 0 Å². The zero-order valence-corrected chi connectivity index (χ0v) is 14.3. The van der Waals surface area contributed by atoms with Crippen molar-refractivity contribution in [3.8, 4) is 11.3 Å². The maximum atomic E-state index is 4.95. The number of fused-ring (bicyclic) bond motifs is 5. The molecule has 2 aromatic heterocycles. The van der Waals surface area contributed by atoms with Crippen LogP contribution >= 0.6 is 15.9 Å². The lowest BCUT2D eigenvalue weighted by Crippen LogP contribution is -1.86. The number of aromatic nitrogens is 2. The molecule has 0 saturated heterocycles. The molecule has 0 unspecified atom stereocenters. The van der Waals surface area contributed by atoms with Crippen molar-refractivity contribution in [3.05, 3.63) is 77.3 Å². The van der Waals surface area contributed by atoms with Crippen LogP contribution in [0, 0.1) is 0 Å². The molecule has 5 aromatic rings. The number of nitrogens with one attached hydrogen (secondary N) is 1. The average molecular weight is 373 g/mol. The fourth-order valence-corrected chi connectivity index (χ4v) is 3.55. The third kappa shape index (κ3) is 2.05. The number of hydrogen-bond donors (Lipinski definition) is 1. The van der Waals surface area contributed by atoms with E-state index >= 15 is 0 Å². The van der Waals surface area contributed by atoms with E-state index in [-0.39, 0.29) is 0 Å². The number of benzene rings is 3. The van der Waals surface area contributed by atoms with Crippen LogP contribution in [0.4, 0.5) is 0 Å². The molecule has 0 amide bonds. The lowest BCUT2D eigenvalue weighted by atomic mass is 10.1. The fraction of sp³-hybridized carbons (Fsp3) is 0. The summed E-state index contributed by atoms with van der Waals surface area (Å²) in [6.45, 7) is 0. The minimum Gasteiger partial charge on any atom is -0.353 e. The topological polar surface area (TPSA) is 28.7 Å². The SMILES string of the molecule is Brc1ccc(-c2ccc3ccc4c5ccccc5[nH]c4c3n2)cc1. The normalized spacial score (nSPS) is 11.5. The second-order valence-electron chi connectivity index (χ2n) is 5.93. The van der Waals surface area contributed by atoms with Crippen molar-refractivity contribution in [1.29, 1.82) is 0 Å². The first kappa shape index (κ1) is 13.8. The highest BCUT2D eigenvalue weighted by Crippen LogP contribution is 2.31. The molecule has 3 aromatic carbocycles. The van der Waals surface area contributed by atoms with E-state index in [1.807, 2.05) is 12.1 Å². The van der Waals surface area contributed by atoms with Crippen molar-refractivity contribution < 1.29 is 0 Å². The Morgan fingerprint density at radius 2 is 1.54 bits per heavy atom. The molecule has 0 aliphatic heterocycles. The molecule has 5 rings (SSSR count). The number of halogens is 1. The Kier molecular flexibility index (Phi) is 2.97. The first-order chi connectivity index (χ1) is 11.8. The summed E-state index contributed by atoms with van der Waals surface area (Å²) in [7, 11) is 0. The van der Waals surface area contributed by atoms with E-state index in [9.17, 15) is 0 Å². The molecule has 0 fully saturated rings. The molecule has 0 atom stereocenters. The Balaban J connectivity index is 1.83. The van der Waals surface area contributed by atoms with Gasteiger partial charge in [-0.25, -0.2) is 4.98 Å². The predicted molar refractivity (Wildman–Crippen MR) is 104 cm³/mol. The Bertz CT molecular complexity index is 1200. The predicted octanol–water partition coefficient (Wildman–Crippen LogP) is 6.30. The van der Waals surface area contributed by atoms with E-state index in [4.69, 9.17) is 4.98 Å². The van der Waals surface area contributed by atoms with E-state index < -0.39 is 0 Å². The van der Waals surface area contributed by atoms with Gasteiger partial charge in [-0.05, 0) is 24.3 Å². The van der Waals surface area contributed by atoms with Crippen molar-refractivity contribution in [2.45, 2.75) is 0 Å². The first-order valence-corrected chi connectivity index (χ1v) is 8.65. The summed E-state index contributed by atoms with van der Waals surface area (Å²) in [6.07, 6.45) is 0.